The molecule has 0 bridgehead atoms. The largest absolute Gasteiger partial charge is 0.497 e. The van der Waals surface area contributed by atoms with Gasteiger partial charge in [-0.25, -0.2) is 14.0 Å². The molecule has 0 saturated carbocycles. The summed E-state index contributed by atoms with van der Waals surface area (Å²) >= 11 is 0. The number of aryl methyl sites for hydroxylation is 1. The number of benzene rings is 2. The highest BCUT2D eigenvalue weighted by Gasteiger charge is 2.15. The van der Waals surface area contributed by atoms with E-state index in [0.717, 1.165) is 0 Å². The maximum atomic E-state index is 13.4. The van der Waals surface area contributed by atoms with Crippen molar-refractivity contribution >= 4 is 27.8 Å². The number of nitrogens with zero attached hydrogens (tertiary/aromatic N) is 1. The molecule has 2 heterocycles. The molecular formula is C22H16FNO5. The molecule has 0 unspecified atom stereocenters. The number of rotatable bonds is 4. The molecule has 0 amide bonds. The fraction of sp³-hybridized carbons (Fsp3) is 0.136. The molecule has 4 aromatic rings. The Morgan fingerprint density at radius 1 is 1.14 bits per heavy atom. The molecule has 29 heavy (non-hydrogen) atoms. The second-order valence-corrected chi connectivity index (χ2v) is 6.49. The lowest BCUT2D eigenvalue weighted by atomic mass is 10.1. The number of carbonyl (C=O) groups excluding carboxylic acids is 1. The first kappa shape index (κ1) is 18.6. The minimum absolute atomic E-state index is 0.117. The van der Waals surface area contributed by atoms with E-state index in [4.69, 9.17) is 13.9 Å². The number of ether oxygens (including phenoxy) is 2. The van der Waals surface area contributed by atoms with Crippen LogP contribution in [0.4, 0.5) is 4.39 Å². The Labute approximate surface area is 164 Å². The zero-order valence-electron chi connectivity index (χ0n) is 15.7. The van der Waals surface area contributed by atoms with E-state index in [0.29, 0.717) is 38.9 Å². The van der Waals surface area contributed by atoms with E-state index >= 15 is 0 Å². The van der Waals surface area contributed by atoms with Gasteiger partial charge in [0.2, 0.25) is 0 Å². The van der Waals surface area contributed by atoms with Crippen molar-refractivity contribution in [3.63, 3.8) is 0 Å². The van der Waals surface area contributed by atoms with Crippen molar-refractivity contribution in [2.45, 2.75) is 13.5 Å². The highest BCUT2D eigenvalue weighted by molar-refractivity contribution is 5.95. The van der Waals surface area contributed by atoms with Crippen molar-refractivity contribution in [3.8, 4) is 5.75 Å². The van der Waals surface area contributed by atoms with Gasteiger partial charge in [-0.3, -0.25) is 4.98 Å². The van der Waals surface area contributed by atoms with Crippen LogP contribution in [0.25, 0.3) is 21.9 Å². The molecule has 0 fully saturated rings. The average molecular weight is 393 g/mol. The Bertz CT molecular complexity index is 1310. The van der Waals surface area contributed by atoms with Crippen molar-refractivity contribution < 1.29 is 23.1 Å². The van der Waals surface area contributed by atoms with Gasteiger partial charge in [-0.1, -0.05) is 0 Å². The van der Waals surface area contributed by atoms with Gasteiger partial charge in [0.05, 0.1) is 23.9 Å². The monoisotopic (exact) mass is 393 g/mol. The topological polar surface area (TPSA) is 78.6 Å². The van der Waals surface area contributed by atoms with Crippen LogP contribution < -0.4 is 10.4 Å². The Morgan fingerprint density at radius 3 is 2.76 bits per heavy atom. The van der Waals surface area contributed by atoms with Gasteiger partial charge in [0.1, 0.15) is 23.8 Å². The van der Waals surface area contributed by atoms with Crippen molar-refractivity contribution in [1.82, 2.24) is 4.98 Å². The van der Waals surface area contributed by atoms with E-state index in [1.807, 2.05) is 0 Å². The smallest absolute Gasteiger partial charge is 0.340 e. The minimum atomic E-state index is -0.587. The summed E-state index contributed by atoms with van der Waals surface area (Å²) in [5, 5.41) is 1.27. The lowest BCUT2D eigenvalue weighted by molar-refractivity contribution is 0.0472. The first-order chi connectivity index (χ1) is 13.9. The summed E-state index contributed by atoms with van der Waals surface area (Å²) in [6, 6.07) is 12.1. The SMILES string of the molecule is COc1ccc2c(COC(=O)c3cc4ccc(F)cc4nc3C)cc(=O)oc2c1. The van der Waals surface area contributed by atoms with Crippen LogP contribution in [-0.2, 0) is 11.3 Å². The lowest BCUT2D eigenvalue weighted by Gasteiger charge is -2.10. The third-order valence-electron chi connectivity index (χ3n) is 4.59. The number of hydrogen-bond donors (Lipinski definition) is 0. The molecule has 0 aliphatic heterocycles. The number of pyridine rings is 1. The third kappa shape index (κ3) is 3.67. The van der Waals surface area contributed by atoms with Gasteiger partial charge in [0.15, 0.2) is 0 Å². The van der Waals surface area contributed by atoms with Crippen LogP contribution in [0, 0.1) is 12.7 Å². The van der Waals surface area contributed by atoms with Crippen LogP contribution in [0.1, 0.15) is 21.6 Å². The maximum Gasteiger partial charge on any atom is 0.340 e. The maximum absolute atomic E-state index is 13.4. The summed E-state index contributed by atoms with van der Waals surface area (Å²) in [5.74, 6) is -0.439. The predicted molar refractivity (Wildman–Crippen MR) is 105 cm³/mol. The predicted octanol–water partition coefficient (Wildman–Crippen LogP) is 4.15. The molecule has 0 atom stereocenters. The van der Waals surface area contributed by atoms with Gasteiger partial charge >= 0.3 is 11.6 Å². The quantitative estimate of drug-likeness (QED) is 0.383. The summed E-state index contributed by atoms with van der Waals surface area (Å²) in [7, 11) is 1.51. The number of halogens is 1. The van der Waals surface area contributed by atoms with Gasteiger partial charge < -0.3 is 13.9 Å². The Morgan fingerprint density at radius 2 is 1.97 bits per heavy atom. The summed E-state index contributed by atoms with van der Waals surface area (Å²) in [5.41, 5.74) is 1.46. The minimum Gasteiger partial charge on any atom is -0.497 e. The molecule has 0 N–H and O–H groups in total. The highest BCUT2D eigenvalue weighted by Crippen LogP contribution is 2.24. The fourth-order valence-electron chi connectivity index (χ4n) is 3.12. The van der Waals surface area contributed by atoms with Gasteiger partial charge in [-0.05, 0) is 37.3 Å². The second kappa shape index (κ2) is 7.35. The number of esters is 1. The molecule has 7 heteroatoms. The molecule has 146 valence electrons. The zero-order valence-corrected chi connectivity index (χ0v) is 15.7. The van der Waals surface area contributed by atoms with E-state index in [9.17, 15) is 14.0 Å². The fourth-order valence-corrected chi connectivity index (χ4v) is 3.12. The number of fused-ring (bicyclic) bond motifs is 2. The van der Waals surface area contributed by atoms with E-state index in [-0.39, 0.29) is 12.2 Å². The second-order valence-electron chi connectivity index (χ2n) is 6.49. The number of aromatic nitrogens is 1. The molecular weight excluding hydrogens is 377 g/mol. The van der Waals surface area contributed by atoms with Crippen LogP contribution in [0.5, 0.6) is 5.75 Å². The third-order valence-corrected chi connectivity index (χ3v) is 4.59. The van der Waals surface area contributed by atoms with E-state index < -0.39 is 17.4 Å². The van der Waals surface area contributed by atoms with Gasteiger partial charge in [-0.15, -0.1) is 0 Å². The molecule has 0 aliphatic rings. The molecule has 0 radical (unpaired) electrons. The Hall–Kier alpha value is -3.74. The molecule has 2 aromatic heterocycles. The molecule has 4 rings (SSSR count). The Kier molecular flexibility index (Phi) is 4.72. The van der Waals surface area contributed by atoms with Crippen molar-refractivity contribution in [2.75, 3.05) is 7.11 Å². The zero-order chi connectivity index (χ0) is 20.5. The molecule has 0 saturated heterocycles. The summed E-state index contributed by atoms with van der Waals surface area (Å²) in [6.45, 7) is 1.54. The normalized spacial score (nSPS) is 11.0. The summed E-state index contributed by atoms with van der Waals surface area (Å²) in [6.07, 6.45) is 0. The molecule has 2 aromatic carbocycles. The molecule has 0 aliphatic carbocycles. The van der Waals surface area contributed by atoms with Crippen LogP contribution in [0.3, 0.4) is 0 Å². The van der Waals surface area contributed by atoms with Gasteiger partial charge in [-0.2, -0.15) is 0 Å². The van der Waals surface area contributed by atoms with E-state index in [1.54, 1.807) is 37.3 Å². The highest BCUT2D eigenvalue weighted by atomic mass is 19.1. The van der Waals surface area contributed by atoms with Gasteiger partial charge in [0.25, 0.3) is 0 Å². The van der Waals surface area contributed by atoms with Crippen LogP contribution in [0.2, 0.25) is 0 Å². The molecule has 0 spiro atoms. The van der Waals surface area contributed by atoms with Crippen LogP contribution >= 0.6 is 0 Å². The lowest BCUT2D eigenvalue weighted by Crippen LogP contribution is -2.10. The summed E-state index contributed by atoms with van der Waals surface area (Å²) in [4.78, 5) is 28.7. The molecule has 6 nitrogen and oxygen atoms in total. The van der Waals surface area contributed by atoms with Gasteiger partial charge in [0, 0.05) is 34.5 Å². The van der Waals surface area contributed by atoms with Crippen molar-refractivity contribution in [2.24, 2.45) is 0 Å². The van der Waals surface area contributed by atoms with E-state index in [1.165, 1.54) is 25.3 Å². The Balaban J connectivity index is 1.63. The number of hydrogen-bond acceptors (Lipinski definition) is 6. The van der Waals surface area contributed by atoms with Crippen LogP contribution in [-0.4, -0.2) is 18.1 Å². The average Bonchev–Trinajstić information content (AvgIpc) is 2.70. The van der Waals surface area contributed by atoms with Crippen molar-refractivity contribution in [1.29, 1.82) is 0 Å². The van der Waals surface area contributed by atoms with E-state index in [2.05, 4.69) is 4.98 Å². The number of methoxy groups -OCH3 is 1. The first-order valence-corrected chi connectivity index (χ1v) is 8.79. The van der Waals surface area contributed by atoms with Crippen molar-refractivity contribution in [3.05, 3.63) is 81.6 Å². The first-order valence-electron chi connectivity index (χ1n) is 8.79. The number of carbonyl (C=O) groups is 1. The van der Waals surface area contributed by atoms with Crippen LogP contribution in [0.15, 0.2) is 57.7 Å². The standard InChI is InChI=1S/C22H16FNO5/c1-12-18(7-13-3-4-15(23)9-19(13)24-12)22(26)28-11-14-8-21(25)29-20-10-16(27-2)5-6-17(14)20/h3-10H,11H2,1-2H3. The summed E-state index contributed by atoms with van der Waals surface area (Å²) < 4.78 is 29.1.